The molecule has 8 nitrogen and oxygen atoms in total. The fourth-order valence-corrected chi connectivity index (χ4v) is 3.82. The topological polar surface area (TPSA) is 83.1 Å². The van der Waals surface area contributed by atoms with Crippen LogP contribution in [0.2, 0.25) is 5.02 Å². The zero-order valence-corrected chi connectivity index (χ0v) is 19.2. The molecule has 1 aliphatic heterocycles. The van der Waals surface area contributed by atoms with Gasteiger partial charge in [0.25, 0.3) is 0 Å². The van der Waals surface area contributed by atoms with E-state index in [0.29, 0.717) is 23.0 Å². The zero-order chi connectivity index (χ0) is 22.9. The maximum absolute atomic E-state index is 12.2. The van der Waals surface area contributed by atoms with Gasteiger partial charge in [-0.05, 0) is 43.3 Å². The fraction of sp³-hybridized carbons (Fsp3) is 0.391. The van der Waals surface area contributed by atoms with Gasteiger partial charge in [0, 0.05) is 37.7 Å². The third-order valence-electron chi connectivity index (χ3n) is 5.35. The molecule has 0 radical (unpaired) electrons. The quantitative estimate of drug-likeness (QED) is 0.465. The van der Waals surface area contributed by atoms with E-state index in [1.54, 1.807) is 19.2 Å². The molecule has 2 amide bonds. The second-order valence-electron chi connectivity index (χ2n) is 7.41. The number of hydrogen-bond donors (Lipinski definition) is 2. The number of anilines is 2. The van der Waals surface area contributed by atoms with Gasteiger partial charge >= 0.3 is 11.8 Å². The van der Waals surface area contributed by atoms with Crippen LogP contribution in [0.4, 0.5) is 11.4 Å². The molecule has 9 heteroatoms. The van der Waals surface area contributed by atoms with Crippen molar-refractivity contribution in [1.82, 2.24) is 10.2 Å². The number of nitrogens with one attached hydrogen (secondary N) is 2. The molecule has 0 bridgehead atoms. The van der Waals surface area contributed by atoms with Gasteiger partial charge in [0.05, 0.1) is 25.6 Å². The first kappa shape index (κ1) is 23.7. The predicted octanol–water partition coefficient (Wildman–Crippen LogP) is 2.62. The van der Waals surface area contributed by atoms with Crippen molar-refractivity contribution < 1.29 is 19.1 Å². The molecular formula is C23H29ClN4O4. The summed E-state index contributed by atoms with van der Waals surface area (Å²) < 4.78 is 10.6. The van der Waals surface area contributed by atoms with E-state index in [9.17, 15) is 9.59 Å². The standard InChI is InChI=1S/C23H29ClN4O4/c1-31-20-9-8-17(24)16-18(20)26-23(30)22(29)25-10-5-11-27-12-14-28(15-13-27)19-6-3-4-7-21(19)32-2/h3-4,6-9,16H,5,10-15H2,1-2H3,(H,25,29)(H,26,30). The van der Waals surface area contributed by atoms with Crippen LogP contribution in [0.1, 0.15) is 6.42 Å². The van der Waals surface area contributed by atoms with Gasteiger partial charge in [-0.3, -0.25) is 14.5 Å². The molecule has 0 atom stereocenters. The predicted molar refractivity (Wildman–Crippen MR) is 126 cm³/mol. The molecule has 3 rings (SSSR count). The number of amides is 2. The van der Waals surface area contributed by atoms with Crippen LogP contribution in [0.3, 0.4) is 0 Å². The summed E-state index contributed by atoms with van der Waals surface area (Å²) in [4.78, 5) is 29.0. The molecule has 0 spiro atoms. The summed E-state index contributed by atoms with van der Waals surface area (Å²) in [6.07, 6.45) is 0.758. The summed E-state index contributed by atoms with van der Waals surface area (Å²) in [7, 11) is 3.17. The number of hydrogen-bond acceptors (Lipinski definition) is 6. The number of carbonyl (C=O) groups is 2. The molecule has 172 valence electrons. The summed E-state index contributed by atoms with van der Waals surface area (Å²) >= 11 is 5.95. The van der Waals surface area contributed by atoms with Crippen LogP contribution in [0.15, 0.2) is 42.5 Å². The SMILES string of the molecule is COc1ccc(Cl)cc1NC(=O)C(=O)NCCCN1CCN(c2ccccc2OC)CC1. The van der Waals surface area contributed by atoms with Gasteiger partial charge in [0.15, 0.2) is 0 Å². The average molecular weight is 461 g/mol. The van der Waals surface area contributed by atoms with Crippen molar-refractivity contribution in [2.24, 2.45) is 0 Å². The highest BCUT2D eigenvalue weighted by Crippen LogP contribution is 2.29. The van der Waals surface area contributed by atoms with Gasteiger partial charge in [-0.25, -0.2) is 0 Å². The molecule has 0 aliphatic carbocycles. The van der Waals surface area contributed by atoms with Gasteiger partial charge in [0.1, 0.15) is 11.5 Å². The van der Waals surface area contributed by atoms with Gasteiger partial charge < -0.3 is 25.0 Å². The first-order valence-corrected chi connectivity index (χ1v) is 10.9. The Morgan fingerprint density at radius 3 is 2.41 bits per heavy atom. The molecule has 2 aromatic rings. The number of carbonyl (C=O) groups excluding carboxylic acids is 2. The van der Waals surface area contributed by atoms with Crippen molar-refractivity contribution >= 4 is 34.8 Å². The zero-order valence-electron chi connectivity index (χ0n) is 18.4. The molecular weight excluding hydrogens is 432 g/mol. The molecule has 1 fully saturated rings. The van der Waals surface area contributed by atoms with E-state index in [1.165, 1.54) is 13.2 Å². The average Bonchev–Trinajstić information content (AvgIpc) is 2.82. The molecule has 0 unspecified atom stereocenters. The van der Waals surface area contributed by atoms with Crippen molar-refractivity contribution in [3.05, 3.63) is 47.5 Å². The molecule has 2 aromatic carbocycles. The van der Waals surface area contributed by atoms with Crippen molar-refractivity contribution in [2.45, 2.75) is 6.42 Å². The maximum Gasteiger partial charge on any atom is 0.313 e. The van der Waals surface area contributed by atoms with Crippen LogP contribution in [0.25, 0.3) is 0 Å². The number of methoxy groups -OCH3 is 2. The van der Waals surface area contributed by atoms with Crippen LogP contribution >= 0.6 is 11.6 Å². The monoisotopic (exact) mass is 460 g/mol. The minimum Gasteiger partial charge on any atom is -0.495 e. The molecule has 0 aromatic heterocycles. The van der Waals surface area contributed by atoms with E-state index in [0.717, 1.165) is 50.6 Å². The van der Waals surface area contributed by atoms with E-state index in [1.807, 2.05) is 18.2 Å². The molecule has 1 aliphatic rings. The minimum atomic E-state index is -0.754. The number of ether oxygens (including phenoxy) is 2. The lowest BCUT2D eigenvalue weighted by molar-refractivity contribution is -0.136. The highest BCUT2D eigenvalue weighted by molar-refractivity contribution is 6.40. The van der Waals surface area contributed by atoms with Crippen LogP contribution in [0, 0.1) is 0 Å². The summed E-state index contributed by atoms with van der Waals surface area (Å²) in [5.74, 6) is -0.121. The van der Waals surface area contributed by atoms with E-state index in [-0.39, 0.29) is 0 Å². The maximum atomic E-state index is 12.2. The summed E-state index contributed by atoms with van der Waals surface area (Å²) in [6, 6.07) is 12.9. The Morgan fingerprint density at radius 2 is 1.69 bits per heavy atom. The van der Waals surface area contributed by atoms with Gasteiger partial charge in [0.2, 0.25) is 0 Å². The second-order valence-corrected chi connectivity index (χ2v) is 7.85. The van der Waals surface area contributed by atoms with Crippen molar-refractivity contribution in [3.8, 4) is 11.5 Å². The minimum absolute atomic E-state index is 0.355. The first-order valence-electron chi connectivity index (χ1n) is 10.5. The van der Waals surface area contributed by atoms with Gasteiger partial charge in [-0.15, -0.1) is 0 Å². The number of para-hydroxylation sites is 2. The Bertz CT molecular complexity index is 932. The van der Waals surface area contributed by atoms with E-state index < -0.39 is 11.8 Å². The van der Waals surface area contributed by atoms with Crippen molar-refractivity contribution in [1.29, 1.82) is 0 Å². The fourth-order valence-electron chi connectivity index (χ4n) is 3.65. The lowest BCUT2D eigenvalue weighted by Gasteiger charge is -2.36. The van der Waals surface area contributed by atoms with Gasteiger partial charge in [-0.1, -0.05) is 23.7 Å². The number of rotatable bonds is 8. The van der Waals surface area contributed by atoms with E-state index in [4.69, 9.17) is 21.1 Å². The molecule has 32 heavy (non-hydrogen) atoms. The molecule has 1 saturated heterocycles. The first-order chi connectivity index (χ1) is 15.5. The Balaban J connectivity index is 1.37. The number of piperazine rings is 1. The van der Waals surface area contributed by atoms with Gasteiger partial charge in [-0.2, -0.15) is 0 Å². The van der Waals surface area contributed by atoms with Crippen LogP contribution in [-0.4, -0.2) is 70.2 Å². The number of halogens is 1. The largest absolute Gasteiger partial charge is 0.495 e. The van der Waals surface area contributed by atoms with E-state index in [2.05, 4.69) is 26.5 Å². The lowest BCUT2D eigenvalue weighted by Crippen LogP contribution is -2.47. The normalized spacial score (nSPS) is 14.0. The Kier molecular flexibility index (Phi) is 8.58. The lowest BCUT2D eigenvalue weighted by atomic mass is 10.2. The molecule has 1 heterocycles. The van der Waals surface area contributed by atoms with E-state index >= 15 is 0 Å². The van der Waals surface area contributed by atoms with Crippen LogP contribution < -0.4 is 25.0 Å². The molecule has 2 N–H and O–H groups in total. The van der Waals surface area contributed by atoms with Crippen molar-refractivity contribution in [2.75, 3.05) is 63.7 Å². The Labute approximate surface area is 193 Å². The Morgan fingerprint density at radius 1 is 0.969 bits per heavy atom. The summed E-state index contributed by atoms with van der Waals surface area (Å²) in [6.45, 7) is 4.96. The van der Waals surface area contributed by atoms with Crippen LogP contribution in [-0.2, 0) is 9.59 Å². The number of benzene rings is 2. The third-order valence-corrected chi connectivity index (χ3v) is 5.59. The highest BCUT2D eigenvalue weighted by atomic mass is 35.5. The second kappa shape index (κ2) is 11.6. The summed E-state index contributed by atoms with van der Waals surface area (Å²) in [5.41, 5.74) is 1.47. The number of nitrogens with zero attached hydrogens (tertiary/aromatic N) is 2. The highest BCUT2D eigenvalue weighted by Gasteiger charge is 2.20. The summed E-state index contributed by atoms with van der Waals surface area (Å²) in [5, 5.41) is 5.64. The Hall–Kier alpha value is -2.97. The third kappa shape index (κ3) is 6.27. The van der Waals surface area contributed by atoms with Crippen LogP contribution in [0.5, 0.6) is 11.5 Å². The molecule has 0 saturated carbocycles. The van der Waals surface area contributed by atoms with Crippen molar-refractivity contribution in [3.63, 3.8) is 0 Å². The smallest absolute Gasteiger partial charge is 0.313 e.